The molecule has 1 saturated carbocycles. The van der Waals surface area contributed by atoms with Crippen LogP contribution in [0.4, 0.5) is 5.69 Å². The van der Waals surface area contributed by atoms with Gasteiger partial charge in [-0.3, -0.25) is 19.3 Å². The number of hydrogen-bond donors (Lipinski definition) is 3. The topological polar surface area (TPSA) is 115 Å². The van der Waals surface area contributed by atoms with Crippen molar-refractivity contribution in [1.82, 2.24) is 15.1 Å². The van der Waals surface area contributed by atoms with Crippen molar-refractivity contribution in [2.75, 3.05) is 19.4 Å². The smallest absolute Gasteiger partial charge is 0.279 e. The van der Waals surface area contributed by atoms with Gasteiger partial charge < -0.3 is 25.1 Å². The van der Waals surface area contributed by atoms with Gasteiger partial charge in [0, 0.05) is 20.1 Å². The molecule has 1 fully saturated rings. The SMILES string of the molecule is CC(NC1=C(Nc2cccc(C(=O)N(C)C)c2O)C(=O)N(C2CCCCC2)C1=O)c1ccco1. The molecule has 3 N–H and O–H groups in total. The molecule has 9 heteroatoms. The molecule has 1 atom stereocenters. The fourth-order valence-electron chi connectivity index (χ4n) is 4.49. The lowest BCUT2D eigenvalue weighted by Gasteiger charge is -2.30. The monoisotopic (exact) mass is 466 g/mol. The van der Waals surface area contributed by atoms with E-state index in [-0.39, 0.29) is 46.4 Å². The fraction of sp³-hybridized carbons (Fsp3) is 0.400. The summed E-state index contributed by atoms with van der Waals surface area (Å²) in [5, 5.41) is 16.9. The Balaban J connectivity index is 1.70. The molecule has 0 radical (unpaired) electrons. The minimum Gasteiger partial charge on any atom is -0.505 e. The van der Waals surface area contributed by atoms with E-state index in [2.05, 4.69) is 10.6 Å². The van der Waals surface area contributed by atoms with E-state index in [0.717, 1.165) is 32.1 Å². The van der Waals surface area contributed by atoms with E-state index < -0.39 is 11.8 Å². The number of aromatic hydroxyl groups is 1. The van der Waals surface area contributed by atoms with E-state index in [1.807, 2.05) is 6.92 Å². The number of nitrogens with one attached hydrogen (secondary N) is 2. The van der Waals surface area contributed by atoms with E-state index in [4.69, 9.17) is 4.42 Å². The van der Waals surface area contributed by atoms with Crippen molar-refractivity contribution >= 4 is 23.4 Å². The van der Waals surface area contributed by atoms with E-state index in [1.165, 1.54) is 15.9 Å². The van der Waals surface area contributed by atoms with Crippen LogP contribution in [0.25, 0.3) is 0 Å². The molecule has 0 spiro atoms. The second-order valence-corrected chi connectivity index (χ2v) is 8.93. The minimum absolute atomic E-state index is 0.0405. The van der Waals surface area contributed by atoms with Crippen molar-refractivity contribution in [3.8, 4) is 5.75 Å². The number of nitrogens with zero attached hydrogens (tertiary/aromatic N) is 2. The molecular weight excluding hydrogens is 436 g/mol. The number of para-hydroxylation sites is 1. The highest BCUT2D eigenvalue weighted by Crippen LogP contribution is 2.34. The molecule has 4 rings (SSSR count). The highest BCUT2D eigenvalue weighted by atomic mass is 16.3. The summed E-state index contributed by atoms with van der Waals surface area (Å²) in [5.74, 6) is -0.904. The number of hydrogen-bond acceptors (Lipinski definition) is 7. The van der Waals surface area contributed by atoms with Gasteiger partial charge in [0.25, 0.3) is 17.7 Å². The molecule has 2 aliphatic rings. The van der Waals surface area contributed by atoms with Gasteiger partial charge in [0.2, 0.25) is 0 Å². The van der Waals surface area contributed by atoms with Crippen LogP contribution in [0.3, 0.4) is 0 Å². The number of imide groups is 1. The molecule has 0 bridgehead atoms. The van der Waals surface area contributed by atoms with Crippen LogP contribution in [-0.2, 0) is 9.59 Å². The fourth-order valence-corrected chi connectivity index (χ4v) is 4.49. The first-order valence-electron chi connectivity index (χ1n) is 11.5. The van der Waals surface area contributed by atoms with Gasteiger partial charge in [0.15, 0.2) is 5.75 Å². The summed E-state index contributed by atoms with van der Waals surface area (Å²) in [4.78, 5) is 42.1. The number of amides is 3. The summed E-state index contributed by atoms with van der Waals surface area (Å²) in [7, 11) is 3.17. The van der Waals surface area contributed by atoms with Crippen LogP contribution >= 0.6 is 0 Å². The number of phenolic OH excluding ortho intramolecular Hbond substituents is 1. The van der Waals surface area contributed by atoms with E-state index in [0.29, 0.717) is 5.76 Å². The maximum atomic E-state index is 13.5. The molecule has 1 aliphatic heterocycles. The highest BCUT2D eigenvalue weighted by Gasteiger charge is 2.43. The van der Waals surface area contributed by atoms with Crippen LogP contribution < -0.4 is 10.6 Å². The van der Waals surface area contributed by atoms with Crippen molar-refractivity contribution in [1.29, 1.82) is 0 Å². The molecule has 3 amide bonds. The Morgan fingerprint density at radius 1 is 1.09 bits per heavy atom. The van der Waals surface area contributed by atoms with Crippen LogP contribution in [0, 0.1) is 0 Å². The zero-order chi connectivity index (χ0) is 24.4. The number of phenols is 1. The third-order valence-corrected chi connectivity index (χ3v) is 6.32. The molecule has 2 aromatic rings. The molecule has 0 saturated heterocycles. The molecular formula is C25H30N4O5. The van der Waals surface area contributed by atoms with E-state index in [9.17, 15) is 19.5 Å². The number of benzene rings is 1. The van der Waals surface area contributed by atoms with Crippen LogP contribution in [0.1, 0.15) is 61.2 Å². The summed E-state index contributed by atoms with van der Waals surface area (Å²) in [5.41, 5.74) is 0.413. The Labute approximate surface area is 198 Å². The van der Waals surface area contributed by atoms with Gasteiger partial charge in [-0.25, -0.2) is 0 Å². The zero-order valence-electron chi connectivity index (χ0n) is 19.6. The molecule has 1 aliphatic carbocycles. The Kier molecular flexibility index (Phi) is 6.63. The predicted molar refractivity (Wildman–Crippen MR) is 126 cm³/mol. The number of furan rings is 1. The quantitative estimate of drug-likeness (QED) is 0.423. The predicted octanol–water partition coefficient (Wildman–Crippen LogP) is 3.36. The largest absolute Gasteiger partial charge is 0.505 e. The lowest BCUT2D eigenvalue weighted by atomic mass is 9.94. The van der Waals surface area contributed by atoms with Crippen molar-refractivity contribution < 1.29 is 23.9 Å². The van der Waals surface area contributed by atoms with Gasteiger partial charge in [0.05, 0.1) is 23.6 Å². The number of carbonyl (C=O) groups is 3. The lowest BCUT2D eigenvalue weighted by molar-refractivity contribution is -0.141. The summed E-state index contributed by atoms with van der Waals surface area (Å²) >= 11 is 0. The second-order valence-electron chi connectivity index (χ2n) is 8.93. The first kappa shape index (κ1) is 23.4. The molecule has 9 nitrogen and oxygen atoms in total. The Morgan fingerprint density at radius 2 is 1.79 bits per heavy atom. The number of rotatable bonds is 7. The van der Waals surface area contributed by atoms with Crippen molar-refractivity contribution in [3.05, 3.63) is 59.3 Å². The van der Waals surface area contributed by atoms with Gasteiger partial charge in [-0.15, -0.1) is 0 Å². The second kappa shape index (κ2) is 9.62. The number of anilines is 1. The lowest BCUT2D eigenvalue weighted by Crippen LogP contribution is -2.43. The molecule has 1 aromatic carbocycles. The van der Waals surface area contributed by atoms with Crippen LogP contribution in [0.5, 0.6) is 5.75 Å². The Hall–Kier alpha value is -3.75. The standard InChI is InChI=1S/C25H30N4O5/c1-15(19-13-8-14-34-19)26-20-21(25(33)29(24(20)32)16-9-5-4-6-10-16)27-18-12-7-11-17(22(18)30)23(31)28(2)3/h7-8,11-16,26-27,30H,4-6,9-10H2,1-3H3. The molecule has 2 heterocycles. The van der Waals surface area contributed by atoms with Gasteiger partial charge >= 0.3 is 0 Å². The normalized spacial score (nSPS) is 17.8. The third kappa shape index (κ3) is 4.37. The highest BCUT2D eigenvalue weighted by molar-refractivity contribution is 6.20. The van der Waals surface area contributed by atoms with Gasteiger partial charge in [-0.2, -0.15) is 0 Å². The summed E-state index contributed by atoms with van der Waals surface area (Å²) < 4.78 is 5.45. The Morgan fingerprint density at radius 3 is 2.44 bits per heavy atom. The summed E-state index contributed by atoms with van der Waals surface area (Å²) in [6, 6.07) is 7.67. The van der Waals surface area contributed by atoms with Crippen molar-refractivity contribution in [2.45, 2.75) is 51.1 Å². The van der Waals surface area contributed by atoms with Gasteiger partial charge in [0.1, 0.15) is 17.2 Å². The van der Waals surface area contributed by atoms with Crippen molar-refractivity contribution in [3.63, 3.8) is 0 Å². The van der Waals surface area contributed by atoms with Crippen molar-refractivity contribution in [2.24, 2.45) is 0 Å². The van der Waals surface area contributed by atoms with E-state index >= 15 is 0 Å². The average molecular weight is 467 g/mol. The van der Waals surface area contributed by atoms with Gasteiger partial charge in [-0.1, -0.05) is 25.3 Å². The minimum atomic E-state index is -0.449. The third-order valence-electron chi connectivity index (χ3n) is 6.32. The molecule has 34 heavy (non-hydrogen) atoms. The van der Waals surface area contributed by atoms with Crippen LogP contribution in [-0.4, -0.2) is 52.8 Å². The van der Waals surface area contributed by atoms with Crippen LogP contribution in [0.15, 0.2) is 52.4 Å². The molecule has 180 valence electrons. The maximum absolute atomic E-state index is 13.5. The summed E-state index contributed by atoms with van der Waals surface area (Å²) in [6.45, 7) is 1.83. The molecule has 1 unspecified atom stereocenters. The maximum Gasteiger partial charge on any atom is 0.279 e. The zero-order valence-corrected chi connectivity index (χ0v) is 19.6. The Bertz CT molecular complexity index is 1120. The van der Waals surface area contributed by atoms with E-state index in [1.54, 1.807) is 44.6 Å². The average Bonchev–Trinajstić information content (AvgIpc) is 3.44. The first-order chi connectivity index (χ1) is 16.3. The van der Waals surface area contributed by atoms with Gasteiger partial charge in [-0.05, 0) is 44.0 Å². The first-order valence-corrected chi connectivity index (χ1v) is 11.5. The van der Waals surface area contributed by atoms with Crippen LogP contribution in [0.2, 0.25) is 0 Å². The number of carbonyl (C=O) groups excluding carboxylic acids is 3. The molecule has 1 aromatic heterocycles. The summed E-state index contributed by atoms with van der Waals surface area (Å²) in [6.07, 6.45) is 6.10.